The van der Waals surface area contributed by atoms with E-state index < -0.39 is 5.60 Å². The summed E-state index contributed by atoms with van der Waals surface area (Å²) in [6.45, 7) is 5.61. The van der Waals surface area contributed by atoms with Gasteiger partial charge in [-0.25, -0.2) is 4.79 Å². The largest absolute Gasteiger partial charge is 0.443 e. The van der Waals surface area contributed by atoms with Crippen molar-refractivity contribution < 1.29 is 9.53 Å². The molecule has 1 aromatic heterocycles. The van der Waals surface area contributed by atoms with Gasteiger partial charge in [0.05, 0.1) is 0 Å². The Morgan fingerprint density at radius 1 is 1.19 bits per heavy atom. The van der Waals surface area contributed by atoms with Gasteiger partial charge in [0, 0.05) is 12.4 Å². The molecule has 86 valence electrons. The van der Waals surface area contributed by atoms with Crippen LogP contribution in [0.1, 0.15) is 31.9 Å². The number of hydrogen-bond donors (Lipinski definition) is 0. The summed E-state index contributed by atoms with van der Waals surface area (Å²) >= 11 is 0. The normalized spacial score (nSPS) is 14.7. The average molecular weight is 219 g/mol. The lowest BCUT2D eigenvalue weighted by atomic mass is 10.0. The van der Waals surface area contributed by atoms with Crippen LogP contribution < -0.4 is 0 Å². The van der Waals surface area contributed by atoms with Gasteiger partial charge in [0.1, 0.15) is 5.60 Å². The highest BCUT2D eigenvalue weighted by atomic mass is 16.6. The van der Waals surface area contributed by atoms with Crippen molar-refractivity contribution in [2.45, 2.75) is 39.2 Å². The van der Waals surface area contributed by atoms with Gasteiger partial charge in [-0.05, 0) is 44.7 Å². The third kappa shape index (κ3) is 2.35. The summed E-state index contributed by atoms with van der Waals surface area (Å²) in [5, 5.41) is 0. The highest BCUT2D eigenvalue weighted by molar-refractivity contribution is 5.71. The first-order valence-corrected chi connectivity index (χ1v) is 5.54. The number of hydrogen-bond acceptors (Lipinski definition) is 2. The van der Waals surface area contributed by atoms with Gasteiger partial charge in [0.25, 0.3) is 0 Å². The molecular formula is C13H17NO2. The summed E-state index contributed by atoms with van der Waals surface area (Å²) in [5.74, 6) is 0. The number of fused-ring (bicyclic) bond motifs is 1. The second-order valence-electron chi connectivity index (χ2n) is 5.08. The quantitative estimate of drug-likeness (QED) is 0.628. The van der Waals surface area contributed by atoms with Crippen LogP contribution >= 0.6 is 0 Å². The van der Waals surface area contributed by atoms with Crippen molar-refractivity contribution in [1.82, 2.24) is 4.57 Å². The Morgan fingerprint density at radius 3 is 2.12 bits per heavy atom. The van der Waals surface area contributed by atoms with Crippen molar-refractivity contribution in [2.75, 3.05) is 0 Å². The maximum absolute atomic E-state index is 11.8. The van der Waals surface area contributed by atoms with Crippen LogP contribution in [0.15, 0.2) is 24.5 Å². The molecule has 0 aliphatic heterocycles. The predicted molar refractivity (Wildman–Crippen MR) is 62.6 cm³/mol. The first-order valence-electron chi connectivity index (χ1n) is 5.54. The average Bonchev–Trinajstić information content (AvgIpc) is 2.58. The van der Waals surface area contributed by atoms with Crippen LogP contribution in [0.2, 0.25) is 0 Å². The summed E-state index contributed by atoms with van der Waals surface area (Å²) in [6, 6.07) is 0. The monoisotopic (exact) mass is 219 g/mol. The van der Waals surface area contributed by atoms with Crippen LogP contribution in [0.4, 0.5) is 4.79 Å². The Morgan fingerprint density at radius 2 is 1.69 bits per heavy atom. The molecule has 0 amide bonds. The van der Waals surface area contributed by atoms with Gasteiger partial charge in [0.2, 0.25) is 0 Å². The minimum Gasteiger partial charge on any atom is -0.443 e. The molecule has 0 spiro atoms. The van der Waals surface area contributed by atoms with Crippen molar-refractivity contribution in [3.8, 4) is 0 Å². The Kier molecular flexibility index (Phi) is 2.62. The van der Waals surface area contributed by atoms with Gasteiger partial charge < -0.3 is 4.74 Å². The van der Waals surface area contributed by atoms with E-state index in [1.807, 2.05) is 33.2 Å². The smallest absolute Gasteiger partial charge is 0.418 e. The number of allylic oxidation sites excluding steroid dienone is 2. The third-order valence-corrected chi connectivity index (χ3v) is 2.45. The summed E-state index contributed by atoms with van der Waals surface area (Å²) in [4.78, 5) is 11.8. The Labute approximate surface area is 95.7 Å². The van der Waals surface area contributed by atoms with E-state index in [0.717, 1.165) is 12.8 Å². The maximum atomic E-state index is 11.8. The van der Waals surface area contributed by atoms with Crippen molar-refractivity contribution in [3.63, 3.8) is 0 Å². The zero-order valence-electron chi connectivity index (χ0n) is 9.99. The fraction of sp³-hybridized carbons (Fsp3) is 0.462. The molecular weight excluding hydrogens is 202 g/mol. The zero-order valence-corrected chi connectivity index (χ0v) is 9.99. The molecule has 2 rings (SSSR count). The lowest BCUT2D eigenvalue weighted by Gasteiger charge is -2.19. The number of carbonyl (C=O) groups excluding carboxylic acids is 1. The van der Waals surface area contributed by atoms with Gasteiger partial charge in [-0.2, -0.15) is 0 Å². The molecule has 0 radical (unpaired) electrons. The third-order valence-electron chi connectivity index (χ3n) is 2.45. The zero-order chi connectivity index (χ0) is 11.8. The van der Waals surface area contributed by atoms with Crippen molar-refractivity contribution >= 4 is 6.09 Å². The van der Waals surface area contributed by atoms with Crippen LogP contribution in [-0.4, -0.2) is 16.3 Å². The van der Waals surface area contributed by atoms with Crippen LogP contribution in [0.3, 0.4) is 0 Å². The van der Waals surface area contributed by atoms with E-state index in [1.54, 1.807) is 4.57 Å². The van der Waals surface area contributed by atoms with Crippen LogP contribution in [0, 0.1) is 0 Å². The lowest BCUT2D eigenvalue weighted by molar-refractivity contribution is 0.0537. The molecule has 0 unspecified atom stereocenters. The highest BCUT2D eigenvalue weighted by Gasteiger charge is 2.19. The molecule has 1 heterocycles. The van der Waals surface area contributed by atoms with E-state index in [4.69, 9.17) is 4.74 Å². The summed E-state index contributed by atoms with van der Waals surface area (Å²) < 4.78 is 6.85. The van der Waals surface area contributed by atoms with Crippen LogP contribution in [-0.2, 0) is 17.6 Å². The molecule has 0 saturated heterocycles. The van der Waals surface area contributed by atoms with Crippen molar-refractivity contribution in [2.24, 2.45) is 0 Å². The van der Waals surface area contributed by atoms with Crippen molar-refractivity contribution in [3.05, 3.63) is 35.7 Å². The molecule has 16 heavy (non-hydrogen) atoms. The molecule has 1 aliphatic carbocycles. The summed E-state index contributed by atoms with van der Waals surface area (Å²) in [5.41, 5.74) is 1.99. The van der Waals surface area contributed by atoms with Crippen molar-refractivity contribution in [1.29, 1.82) is 0 Å². The summed E-state index contributed by atoms with van der Waals surface area (Å²) in [7, 11) is 0. The van der Waals surface area contributed by atoms with Gasteiger partial charge in [-0.15, -0.1) is 0 Å². The maximum Gasteiger partial charge on any atom is 0.418 e. The fourth-order valence-corrected chi connectivity index (χ4v) is 1.75. The molecule has 0 atom stereocenters. The second-order valence-corrected chi connectivity index (χ2v) is 5.08. The molecule has 0 aromatic carbocycles. The molecule has 1 aliphatic rings. The van der Waals surface area contributed by atoms with E-state index >= 15 is 0 Å². The molecule has 3 heteroatoms. The van der Waals surface area contributed by atoms with Crippen LogP contribution in [0.25, 0.3) is 0 Å². The first kappa shape index (κ1) is 11.0. The number of aromatic nitrogens is 1. The standard InChI is InChI=1S/C13H17NO2/c1-13(2,3)16-12(15)14-8-10-6-4-5-7-11(10)9-14/h4-5,8-9H,6-7H2,1-3H3. The molecule has 0 fully saturated rings. The van der Waals surface area contributed by atoms with Gasteiger partial charge in [0.15, 0.2) is 0 Å². The minimum atomic E-state index is -0.444. The Hall–Kier alpha value is -1.51. The molecule has 0 bridgehead atoms. The predicted octanol–water partition coefficient (Wildman–Crippen LogP) is 2.93. The summed E-state index contributed by atoms with van der Waals surface area (Å²) in [6.07, 6.45) is 9.50. The van der Waals surface area contributed by atoms with E-state index in [0.29, 0.717) is 0 Å². The van der Waals surface area contributed by atoms with Gasteiger partial charge in [-0.1, -0.05) is 12.2 Å². The van der Waals surface area contributed by atoms with E-state index in [9.17, 15) is 4.79 Å². The number of ether oxygens (including phenoxy) is 1. The fourth-order valence-electron chi connectivity index (χ4n) is 1.75. The molecule has 0 saturated carbocycles. The number of carbonyl (C=O) groups is 1. The number of nitrogens with zero attached hydrogens (tertiary/aromatic N) is 1. The SMILES string of the molecule is CC(C)(C)OC(=O)n1cc2c(c1)CC=CC2. The molecule has 1 aromatic rings. The Bertz CT molecular complexity index is 410. The molecule has 3 nitrogen and oxygen atoms in total. The van der Waals surface area contributed by atoms with Gasteiger partial charge >= 0.3 is 6.09 Å². The number of rotatable bonds is 0. The van der Waals surface area contributed by atoms with Crippen LogP contribution in [0.5, 0.6) is 0 Å². The topological polar surface area (TPSA) is 31.2 Å². The Balaban J connectivity index is 2.16. The van der Waals surface area contributed by atoms with Gasteiger partial charge in [-0.3, -0.25) is 4.57 Å². The van der Waals surface area contributed by atoms with E-state index in [-0.39, 0.29) is 6.09 Å². The van der Waals surface area contributed by atoms with E-state index in [1.165, 1.54) is 11.1 Å². The molecule has 0 N–H and O–H groups in total. The second kappa shape index (κ2) is 3.81. The van der Waals surface area contributed by atoms with E-state index in [2.05, 4.69) is 12.2 Å². The minimum absolute atomic E-state index is 0.304. The first-order chi connectivity index (χ1) is 7.46. The highest BCUT2D eigenvalue weighted by Crippen LogP contribution is 2.18. The lowest BCUT2D eigenvalue weighted by Crippen LogP contribution is -2.26.